The Morgan fingerprint density at radius 3 is 2.86 bits per heavy atom. The SMILES string of the molecule is Cc1nn(CCO)cc1CN1CCN2CCN(C)C[C@H]2C1. The fourth-order valence-corrected chi connectivity index (χ4v) is 3.49. The van der Waals surface area contributed by atoms with E-state index in [0.29, 0.717) is 12.6 Å². The normalized spacial score (nSPS) is 25.2. The van der Waals surface area contributed by atoms with E-state index in [1.165, 1.54) is 31.7 Å². The summed E-state index contributed by atoms with van der Waals surface area (Å²) in [4.78, 5) is 7.63. The van der Waals surface area contributed by atoms with Crippen LogP contribution in [0.25, 0.3) is 0 Å². The molecule has 1 aromatic rings. The van der Waals surface area contributed by atoms with E-state index in [0.717, 1.165) is 25.3 Å². The van der Waals surface area contributed by atoms with Crippen molar-refractivity contribution in [3.8, 4) is 0 Å². The first-order valence-corrected chi connectivity index (χ1v) is 7.94. The molecular weight excluding hydrogens is 266 g/mol. The lowest BCUT2D eigenvalue weighted by molar-refractivity contribution is 0.0174. The minimum Gasteiger partial charge on any atom is -0.394 e. The van der Waals surface area contributed by atoms with Crippen LogP contribution in [0.2, 0.25) is 0 Å². The fourth-order valence-electron chi connectivity index (χ4n) is 3.49. The summed E-state index contributed by atoms with van der Waals surface area (Å²) >= 11 is 0. The lowest BCUT2D eigenvalue weighted by atomic mass is 10.1. The predicted molar refractivity (Wildman–Crippen MR) is 82.2 cm³/mol. The third kappa shape index (κ3) is 3.45. The Hall–Kier alpha value is -0.950. The van der Waals surface area contributed by atoms with E-state index in [1.807, 2.05) is 4.68 Å². The van der Waals surface area contributed by atoms with Gasteiger partial charge in [0.2, 0.25) is 0 Å². The van der Waals surface area contributed by atoms with Gasteiger partial charge in [-0.15, -0.1) is 0 Å². The Morgan fingerprint density at radius 1 is 1.24 bits per heavy atom. The molecule has 1 N–H and O–H groups in total. The topological polar surface area (TPSA) is 47.8 Å². The van der Waals surface area contributed by atoms with Crippen molar-refractivity contribution in [1.82, 2.24) is 24.5 Å². The van der Waals surface area contributed by atoms with Gasteiger partial charge in [0, 0.05) is 63.6 Å². The maximum absolute atomic E-state index is 9.01. The minimum absolute atomic E-state index is 0.146. The maximum Gasteiger partial charge on any atom is 0.0641 e. The van der Waals surface area contributed by atoms with Gasteiger partial charge in [-0.2, -0.15) is 5.10 Å². The first-order chi connectivity index (χ1) is 10.2. The number of rotatable bonds is 4. The van der Waals surface area contributed by atoms with Crippen molar-refractivity contribution in [3.63, 3.8) is 0 Å². The van der Waals surface area contributed by atoms with Crippen LogP contribution in [0.3, 0.4) is 0 Å². The third-order valence-corrected chi connectivity index (χ3v) is 4.75. The summed E-state index contributed by atoms with van der Waals surface area (Å²) in [5, 5.41) is 13.5. The zero-order valence-corrected chi connectivity index (χ0v) is 13.2. The van der Waals surface area contributed by atoms with Crippen LogP contribution >= 0.6 is 0 Å². The van der Waals surface area contributed by atoms with Gasteiger partial charge in [0.1, 0.15) is 0 Å². The number of likely N-dealkylation sites (N-methyl/N-ethyl adjacent to an activating group) is 1. The van der Waals surface area contributed by atoms with E-state index in [2.05, 4.69) is 40.0 Å². The second kappa shape index (κ2) is 6.44. The van der Waals surface area contributed by atoms with Crippen LogP contribution in [0, 0.1) is 6.92 Å². The molecule has 1 atom stereocenters. The molecule has 0 aromatic carbocycles. The highest BCUT2D eigenvalue weighted by molar-refractivity contribution is 5.15. The first-order valence-electron chi connectivity index (χ1n) is 7.94. The zero-order chi connectivity index (χ0) is 14.8. The highest BCUT2D eigenvalue weighted by atomic mass is 16.3. The summed E-state index contributed by atoms with van der Waals surface area (Å²) in [6.07, 6.45) is 2.09. The number of hydrogen-bond donors (Lipinski definition) is 1. The molecule has 1 aromatic heterocycles. The van der Waals surface area contributed by atoms with Crippen molar-refractivity contribution in [2.75, 3.05) is 52.9 Å². The number of aryl methyl sites for hydroxylation is 1. The molecule has 2 aliphatic heterocycles. The first kappa shape index (κ1) is 15.0. The average molecular weight is 293 g/mol. The number of fused-ring (bicyclic) bond motifs is 1. The standard InChI is InChI=1S/C15H27N5O/c1-13-14(10-20(16-13)7-8-21)9-18-4-6-19-5-3-17(2)11-15(19)12-18/h10,15,21H,3-9,11-12H2,1-2H3/t15-/m0/s1. The van der Waals surface area contributed by atoms with Gasteiger partial charge < -0.3 is 10.0 Å². The van der Waals surface area contributed by atoms with Crippen LogP contribution in [0.5, 0.6) is 0 Å². The third-order valence-electron chi connectivity index (χ3n) is 4.75. The number of nitrogens with zero attached hydrogens (tertiary/aromatic N) is 5. The second-order valence-corrected chi connectivity index (χ2v) is 6.41. The van der Waals surface area contributed by atoms with Gasteiger partial charge in [0.15, 0.2) is 0 Å². The monoisotopic (exact) mass is 293 g/mol. The number of aliphatic hydroxyl groups is 1. The van der Waals surface area contributed by atoms with Gasteiger partial charge in [-0.25, -0.2) is 0 Å². The molecule has 3 heterocycles. The molecule has 21 heavy (non-hydrogen) atoms. The highest BCUT2D eigenvalue weighted by Crippen LogP contribution is 2.17. The van der Waals surface area contributed by atoms with Crippen molar-refractivity contribution >= 4 is 0 Å². The van der Waals surface area contributed by atoms with Crippen LogP contribution in [0.4, 0.5) is 0 Å². The molecular formula is C15H27N5O. The van der Waals surface area contributed by atoms with E-state index < -0.39 is 0 Å². The van der Waals surface area contributed by atoms with Gasteiger partial charge in [-0.1, -0.05) is 0 Å². The second-order valence-electron chi connectivity index (χ2n) is 6.41. The smallest absolute Gasteiger partial charge is 0.0641 e. The lowest BCUT2D eigenvalue weighted by Crippen LogP contribution is -2.61. The van der Waals surface area contributed by atoms with Crippen LogP contribution in [0.1, 0.15) is 11.3 Å². The van der Waals surface area contributed by atoms with Gasteiger partial charge in [-0.3, -0.25) is 14.5 Å². The van der Waals surface area contributed by atoms with E-state index >= 15 is 0 Å². The van der Waals surface area contributed by atoms with Gasteiger partial charge in [0.05, 0.1) is 18.8 Å². The summed E-state index contributed by atoms with van der Waals surface area (Å²) in [6, 6.07) is 0.672. The number of hydrogen-bond acceptors (Lipinski definition) is 5. The summed E-state index contributed by atoms with van der Waals surface area (Å²) in [5.41, 5.74) is 2.38. The molecule has 0 bridgehead atoms. The minimum atomic E-state index is 0.146. The molecule has 0 aliphatic carbocycles. The van der Waals surface area contributed by atoms with Crippen LogP contribution in [0.15, 0.2) is 6.20 Å². The average Bonchev–Trinajstić information content (AvgIpc) is 2.79. The molecule has 0 spiro atoms. The Balaban J connectivity index is 1.60. The molecule has 6 nitrogen and oxygen atoms in total. The highest BCUT2D eigenvalue weighted by Gasteiger charge is 2.30. The zero-order valence-electron chi connectivity index (χ0n) is 13.2. The molecule has 118 valence electrons. The van der Waals surface area contributed by atoms with Crippen molar-refractivity contribution in [2.45, 2.75) is 26.1 Å². The quantitative estimate of drug-likeness (QED) is 0.820. The molecule has 0 saturated carbocycles. The number of aromatic nitrogens is 2. The van der Waals surface area contributed by atoms with Crippen molar-refractivity contribution < 1.29 is 5.11 Å². The summed E-state index contributed by atoms with van der Waals surface area (Å²) in [7, 11) is 2.22. The van der Waals surface area contributed by atoms with Gasteiger partial charge in [0.25, 0.3) is 0 Å². The maximum atomic E-state index is 9.01. The van der Waals surface area contributed by atoms with E-state index in [4.69, 9.17) is 5.11 Å². The Kier molecular flexibility index (Phi) is 4.59. The van der Waals surface area contributed by atoms with Crippen molar-refractivity contribution in [2.24, 2.45) is 0 Å². The van der Waals surface area contributed by atoms with Gasteiger partial charge >= 0.3 is 0 Å². The van der Waals surface area contributed by atoms with Crippen LogP contribution in [-0.2, 0) is 13.1 Å². The number of aliphatic hydroxyl groups excluding tert-OH is 1. The summed E-state index contributed by atoms with van der Waals surface area (Å²) < 4.78 is 1.86. The van der Waals surface area contributed by atoms with Crippen LogP contribution < -0.4 is 0 Å². The number of piperazine rings is 2. The molecule has 2 fully saturated rings. The van der Waals surface area contributed by atoms with Gasteiger partial charge in [-0.05, 0) is 14.0 Å². The summed E-state index contributed by atoms with van der Waals surface area (Å²) in [5.74, 6) is 0. The molecule has 2 aliphatic rings. The Bertz CT molecular complexity index is 475. The molecule has 0 unspecified atom stereocenters. The van der Waals surface area contributed by atoms with Crippen molar-refractivity contribution in [3.05, 3.63) is 17.5 Å². The molecule has 0 radical (unpaired) electrons. The Labute approximate surface area is 126 Å². The Morgan fingerprint density at radius 2 is 2.05 bits per heavy atom. The summed E-state index contributed by atoms with van der Waals surface area (Å²) in [6.45, 7) is 10.8. The molecule has 0 amide bonds. The largest absolute Gasteiger partial charge is 0.394 e. The molecule has 6 heteroatoms. The van der Waals surface area contributed by atoms with E-state index in [9.17, 15) is 0 Å². The predicted octanol–water partition coefficient (Wildman–Crippen LogP) is -0.385. The lowest BCUT2D eigenvalue weighted by Gasteiger charge is -2.46. The van der Waals surface area contributed by atoms with E-state index in [-0.39, 0.29) is 6.61 Å². The van der Waals surface area contributed by atoms with Crippen molar-refractivity contribution in [1.29, 1.82) is 0 Å². The molecule has 3 rings (SSSR count). The fraction of sp³-hybridized carbons (Fsp3) is 0.800. The van der Waals surface area contributed by atoms with Crippen LogP contribution in [-0.4, -0.2) is 88.6 Å². The van der Waals surface area contributed by atoms with E-state index in [1.54, 1.807) is 0 Å². The molecule has 2 saturated heterocycles.